The average Bonchev–Trinajstić information content (AvgIpc) is 2.16. The summed E-state index contributed by atoms with van der Waals surface area (Å²) in [5, 5.41) is 9.97. The Balaban J connectivity index is 2.98. The zero-order valence-electron chi connectivity index (χ0n) is 7.20. The fourth-order valence-electron chi connectivity index (χ4n) is 1.00. The molecule has 0 saturated carbocycles. The number of ether oxygens (including phenoxy) is 1. The van der Waals surface area contributed by atoms with E-state index in [0.717, 1.165) is 0 Å². The summed E-state index contributed by atoms with van der Waals surface area (Å²) in [7, 11) is 1.57. The molecule has 0 aliphatic heterocycles. The molecule has 0 spiro atoms. The van der Waals surface area contributed by atoms with E-state index in [2.05, 4.69) is 12.6 Å². The van der Waals surface area contributed by atoms with Crippen LogP contribution in [0.5, 0.6) is 5.75 Å². The van der Waals surface area contributed by atoms with Crippen LogP contribution in [0.2, 0.25) is 5.02 Å². The Morgan fingerprint density at radius 3 is 2.77 bits per heavy atom. The molecule has 0 saturated heterocycles. The highest BCUT2D eigenvalue weighted by Gasteiger charge is 2.09. The molecule has 1 atom stereocenters. The fraction of sp³-hybridized carbons (Fsp3) is 0.333. The lowest BCUT2D eigenvalue weighted by Crippen LogP contribution is -1.99. The van der Waals surface area contributed by atoms with Gasteiger partial charge >= 0.3 is 0 Å². The number of rotatable bonds is 3. The second-order valence-corrected chi connectivity index (χ2v) is 3.36. The summed E-state index contributed by atoms with van der Waals surface area (Å²) < 4.78 is 4.98. The van der Waals surface area contributed by atoms with Crippen molar-refractivity contribution in [1.29, 1.82) is 0 Å². The maximum Gasteiger partial charge on any atom is 0.120 e. The SMILES string of the molecule is COc1ccc(C(O)CS)c(Cl)c1. The number of aliphatic hydroxyl groups excluding tert-OH is 1. The van der Waals surface area contributed by atoms with Gasteiger partial charge in [0.05, 0.1) is 18.2 Å². The molecule has 0 amide bonds. The predicted molar refractivity (Wildman–Crippen MR) is 56.8 cm³/mol. The van der Waals surface area contributed by atoms with E-state index in [1.807, 2.05) is 0 Å². The van der Waals surface area contributed by atoms with Crippen molar-refractivity contribution in [1.82, 2.24) is 0 Å². The van der Waals surface area contributed by atoms with Crippen molar-refractivity contribution < 1.29 is 9.84 Å². The summed E-state index contributed by atoms with van der Waals surface area (Å²) in [5.41, 5.74) is 0.678. The lowest BCUT2D eigenvalue weighted by atomic mass is 10.1. The normalized spacial score (nSPS) is 12.6. The number of thiol groups is 1. The summed E-state index contributed by atoms with van der Waals surface area (Å²) >= 11 is 9.89. The van der Waals surface area contributed by atoms with E-state index in [9.17, 15) is 5.11 Å². The molecular weight excluding hydrogens is 208 g/mol. The Morgan fingerprint density at radius 2 is 2.31 bits per heavy atom. The van der Waals surface area contributed by atoms with Gasteiger partial charge in [0.15, 0.2) is 0 Å². The second kappa shape index (κ2) is 4.74. The molecule has 1 aromatic rings. The molecule has 1 unspecified atom stereocenters. The van der Waals surface area contributed by atoms with Crippen LogP contribution in [0.1, 0.15) is 11.7 Å². The van der Waals surface area contributed by atoms with Crippen LogP contribution >= 0.6 is 24.2 Å². The molecule has 0 heterocycles. The zero-order chi connectivity index (χ0) is 9.84. The molecule has 0 aliphatic rings. The first kappa shape index (κ1) is 10.7. The minimum absolute atomic E-state index is 0.353. The molecule has 1 N–H and O–H groups in total. The summed E-state index contributed by atoms with van der Waals surface area (Å²) in [6.45, 7) is 0. The maximum atomic E-state index is 9.47. The second-order valence-electron chi connectivity index (χ2n) is 2.59. The van der Waals surface area contributed by atoms with Gasteiger partial charge in [0.25, 0.3) is 0 Å². The highest BCUT2D eigenvalue weighted by molar-refractivity contribution is 7.80. The van der Waals surface area contributed by atoms with Crippen molar-refractivity contribution in [3.63, 3.8) is 0 Å². The van der Waals surface area contributed by atoms with Crippen LogP contribution in [-0.4, -0.2) is 18.0 Å². The summed E-state index contributed by atoms with van der Waals surface area (Å²) in [4.78, 5) is 0. The van der Waals surface area contributed by atoms with Gasteiger partial charge in [-0.15, -0.1) is 0 Å². The van der Waals surface area contributed by atoms with Crippen molar-refractivity contribution in [2.45, 2.75) is 6.10 Å². The Bertz CT molecular complexity index is 291. The minimum atomic E-state index is -0.623. The summed E-state index contributed by atoms with van der Waals surface area (Å²) in [5.74, 6) is 1.03. The van der Waals surface area contributed by atoms with Gasteiger partial charge in [-0.25, -0.2) is 0 Å². The number of benzene rings is 1. The highest BCUT2D eigenvalue weighted by atomic mass is 35.5. The average molecular weight is 219 g/mol. The molecule has 1 rings (SSSR count). The lowest BCUT2D eigenvalue weighted by molar-refractivity contribution is 0.204. The van der Waals surface area contributed by atoms with Crippen molar-refractivity contribution in [3.8, 4) is 5.75 Å². The third kappa shape index (κ3) is 2.53. The van der Waals surface area contributed by atoms with E-state index in [1.54, 1.807) is 25.3 Å². The molecule has 72 valence electrons. The number of hydrogen-bond donors (Lipinski definition) is 2. The Kier molecular flexibility index (Phi) is 3.90. The van der Waals surface area contributed by atoms with E-state index >= 15 is 0 Å². The molecule has 0 aromatic heterocycles. The first-order valence-corrected chi connectivity index (χ1v) is 4.82. The molecule has 0 bridgehead atoms. The summed E-state index contributed by atoms with van der Waals surface area (Å²) in [6.07, 6.45) is -0.623. The van der Waals surface area contributed by atoms with E-state index < -0.39 is 6.10 Å². The van der Waals surface area contributed by atoms with Crippen LogP contribution < -0.4 is 4.74 Å². The Morgan fingerprint density at radius 1 is 1.62 bits per heavy atom. The van der Waals surface area contributed by atoms with Crippen LogP contribution in [0.3, 0.4) is 0 Å². The fourth-order valence-corrected chi connectivity index (χ4v) is 1.50. The number of aliphatic hydroxyl groups is 1. The van der Waals surface area contributed by atoms with Crippen LogP contribution in [0.15, 0.2) is 18.2 Å². The van der Waals surface area contributed by atoms with Gasteiger partial charge in [0.2, 0.25) is 0 Å². The van der Waals surface area contributed by atoms with E-state index in [-0.39, 0.29) is 0 Å². The zero-order valence-corrected chi connectivity index (χ0v) is 8.85. The topological polar surface area (TPSA) is 29.5 Å². The molecule has 0 aliphatic carbocycles. The molecule has 0 fully saturated rings. The third-order valence-electron chi connectivity index (χ3n) is 1.74. The van der Waals surface area contributed by atoms with E-state index in [1.165, 1.54) is 0 Å². The highest BCUT2D eigenvalue weighted by Crippen LogP contribution is 2.27. The third-order valence-corrected chi connectivity index (χ3v) is 2.41. The van der Waals surface area contributed by atoms with E-state index in [4.69, 9.17) is 16.3 Å². The number of methoxy groups -OCH3 is 1. The van der Waals surface area contributed by atoms with Crippen LogP contribution in [0.25, 0.3) is 0 Å². The molecular formula is C9H11ClO2S. The quantitative estimate of drug-likeness (QED) is 0.763. The molecule has 4 heteroatoms. The smallest absolute Gasteiger partial charge is 0.120 e. The minimum Gasteiger partial charge on any atom is -0.497 e. The lowest BCUT2D eigenvalue weighted by Gasteiger charge is -2.10. The Labute approximate surface area is 87.9 Å². The predicted octanol–water partition coefficient (Wildman–Crippen LogP) is 2.31. The van der Waals surface area contributed by atoms with Gasteiger partial charge < -0.3 is 9.84 Å². The van der Waals surface area contributed by atoms with Gasteiger partial charge in [-0.05, 0) is 12.1 Å². The van der Waals surface area contributed by atoms with Gasteiger partial charge in [0, 0.05) is 11.3 Å². The maximum absolute atomic E-state index is 9.47. The first-order chi connectivity index (χ1) is 6.19. The van der Waals surface area contributed by atoms with E-state index in [0.29, 0.717) is 22.1 Å². The number of halogens is 1. The van der Waals surface area contributed by atoms with Gasteiger partial charge in [-0.2, -0.15) is 12.6 Å². The molecule has 1 aromatic carbocycles. The largest absolute Gasteiger partial charge is 0.497 e. The van der Waals surface area contributed by atoms with Crippen molar-refractivity contribution >= 4 is 24.2 Å². The van der Waals surface area contributed by atoms with Crippen molar-refractivity contribution in [3.05, 3.63) is 28.8 Å². The van der Waals surface area contributed by atoms with Crippen molar-refractivity contribution in [2.75, 3.05) is 12.9 Å². The van der Waals surface area contributed by atoms with Crippen LogP contribution in [0.4, 0.5) is 0 Å². The Hall–Kier alpha value is -0.380. The standard InChI is InChI=1S/C9H11ClO2S/c1-12-6-2-3-7(8(10)4-6)9(11)5-13/h2-4,9,11,13H,5H2,1H3. The van der Waals surface area contributed by atoms with Gasteiger partial charge in [-0.3, -0.25) is 0 Å². The van der Waals surface area contributed by atoms with Crippen LogP contribution in [0, 0.1) is 0 Å². The van der Waals surface area contributed by atoms with Gasteiger partial charge in [-0.1, -0.05) is 17.7 Å². The van der Waals surface area contributed by atoms with Crippen LogP contribution in [-0.2, 0) is 0 Å². The molecule has 0 radical (unpaired) electrons. The van der Waals surface area contributed by atoms with Gasteiger partial charge in [0.1, 0.15) is 5.75 Å². The first-order valence-electron chi connectivity index (χ1n) is 3.81. The monoisotopic (exact) mass is 218 g/mol. The van der Waals surface area contributed by atoms with Crippen molar-refractivity contribution in [2.24, 2.45) is 0 Å². The summed E-state index contributed by atoms with van der Waals surface area (Å²) in [6, 6.07) is 5.17. The molecule has 13 heavy (non-hydrogen) atoms. The molecule has 2 nitrogen and oxygen atoms in total. The number of hydrogen-bond acceptors (Lipinski definition) is 3.